The van der Waals surface area contributed by atoms with Gasteiger partial charge in [0.2, 0.25) is 0 Å². The summed E-state index contributed by atoms with van der Waals surface area (Å²) in [7, 11) is 0. The van der Waals surface area contributed by atoms with Crippen LogP contribution < -0.4 is 10.1 Å². The number of fused-ring (bicyclic) bond motifs is 1. The van der Waals surface area contributed by atoms with Crippen LogP contribution in [0.2, 0.25) is 0 Å². The van der Waals surface area contributed by atoms with Crippen molar-refractivity contribution in [2.45, 2.75) is 19.0 Å². The molecule has 0 aliphatic carbocycles. The van der Waals surface area contributed by atoms with Crippen LogP contribution in [0.25, 0.3) is 0 Å². The van der Waals surface area contributed by atoms with Crippen LogP contribution in [0.5, 0.6) is 17.2 Å². The quantitative estimate of drug-likeness (QED) is 0.803. The zero-order valence-corrected chi connectivity index (χ0v) is 11.0. The van der Waals surface area contributed by atoms with E-state index in [2.05, 4.69) is 11.4 Å². The highest BCUT2D eigenvalue weighted by Crippen LogP contribution is 2.32. The van der Waals surface area contributed by atoms with Crippen molar-refractivity contribution in [2.75, 3.05) is 6.61 Å². The van der Waals surface area contributed by atoms with Crippen LogP contribution in [0, 0.1) is 0 Å². The molecule has 0 bridgehead atoms. The second-order valence-corrected chi connectivity index (χ2v) is 4.92. The maximum atomic E-state index is 9.79. The van der Waals surface area contributed by atoms with E-state index in [0.717, 1.165) is 23.3 Å². The SMILES string of the molecule is Oc1ccc(CNC2CCOc3ccccc32)c(O)c1. The second-order valence-electron chi connectivity index (χ2n) is 4.92. The van der Waals surface area contributed by atoms with Crippen molar-refractivity contribution in [2.24, 2.45) is 0 Å². The summed E-state index contributed by atoms with van der Waals surface area (Å²) in [6.07, 6.45) is 0.899. The van der Waals surface area contributed by atoms with Crippen molar-refractivity contribution in [1.82, 2.24) is 5.32 Å². The van der Waals surface area contributed by atoms with Crippen molar-refractivity contribution >= 4 is 0 Å². The Morgan fingerprint density at radius 2 is 2.00 bits per heavy atom. The van der Waals surface area contributed by atoms with Crippen molar-refractivity contribution in [3.05, 3.63) is 53.6 Å². The number of para-hydroxylation sites is 1. The number of rotatable bonds is 3. The van der Waals surface area contributed by atoms with Gasteiger partial charge in [0.25, 0.3) is 0 Å². The first-order valence-corrected chi connectivity index (χ1v) is 6.70. The molecule has 1 aliphatic heterocycles. The molecule has 20 heavy (non-hydrogen) atoms. The van der Waals surface area contributed by atoms with Crippen LogP contribution in [-0.4, -0.2) is 16.8 Å². The summed E-state index contributed by atoms with van der Waals surface area (Å²) in [5.74, 6) is 1.10. The van der Waals surface area contributed by atoms with Crippen LogP contribution in [0.4, 0.5) is 0 Å². The highest BCUT2D eigenvalue weighted by molar-refractivity contribution is 5.40. The molecule has 3 N–H and O–H groups in total. The van der Waals surface area contributed by atoms with Gasteiger partial charge in [-0.2, -0.15) is 0 Å². The van der Waals surface area contributed by atoms with E-state index in [1.165, 1.54) is 6.07 Å². The molecule has 1 aliphatic rings. The lowest BCUT2D eigenvalue weighted by Gasteiger charge is -2.26. The number of phenolic OH excluding ortho intramolecular Hbond substituents is 2. The van der Waals surface area contributed by atoms with Crippen molar-refractivity contribution in [1.29, 1.82) is 0 Å². The Bertz CT molecular complexity index is 612. The third kappa shape index (κ3) is 2.56. The molecule has 1 unspecified atom stereocenters. The van der Waals surface area contributed by atoms with Gasteiger partial charge in [0, 0.05) is 36.2 Å². The number of hydrogen-bond acceptors (Lipinski definition) is 4. The molecule has 0 saturated carbocycles. The predicted octanol–water partition coefficient (Wildman–Crippen LogP) is 2.71. The van der Waals surface area contributed by atoms with Gasteiger partial charge in [-0.15, -0.1) is 0 Å². The Kier molecular flexibility index (Phi) is 3.48. The molecular formula is C16H17NO3. The first kappa shape index (κ1) is 12.8. The maximum absolute atomic E-state index is 9.79. The zero-order valence-electron chi connectivity index (χ0n) is 11.0. The highest BCUT2D eigenvalue weighted by atomic mass is 16.5. The van der Waals surface area contributed by atoms with Crippen LogP contribution in [0.3, 0.4) is 0 Å². The van der Waals surface area contributed by atoms with Gasteiger partial charge in [-0.3, -0.25) is 0 Å². The number of phenols is 2. The third-order valence-electron chi connectivity index (χ3n) is 3.57. The van der Waals surface area contributed by atoms with Gasteiger partial charge < -0.3 is 20.3 Å². The summed E-state index contributed by atoms with van der Waals surface area (Å²) < 4.78 is 5.62. The molecule has 2 aromatic carbocycles. The predicted molar refractivity (Wildman–Crippen MR) is 75.9 cm³/mol. The molecule has 1 atom stereocenters. The lowest BCUT2D eigenvalue weighted by molar-refractivity contribution is 0.252. The van der Waals surface area contributed by atoms with E-state index < -0.39 is 0 Å². The summed E-state index contributed by atoms with van der Waals surface area (Å²) in [6, 6.07) is 12.9. The minimum absolute atomic E-state index is 0.0719. The smallest absolute Gasteiger partial charge is 0.124 e. The molecule has 0 saturated heterocycles. The summed E-state index contributed by atoms with van der Waals surface area (Å²) in [5, 5.41) is 22.5. The first-order chi connectivity index (χ1) is 9.74. The topological polar surface area (TPSA) is 61.7 Å². The fourth-order valence-corrected chi connectivity index (χ4v) is 2.49. The van der Waals surface area contributed by atoms with Gasteiger partial charge in [-0.25, -0.2) is 0 Å². The Labute approximate surface area is 117 Å². The van der Waals surface area contributed by atoms with Gasteiger partial charge in [0.1, 0.15) is 17.2 Å². The van der Waals surface area contributed by atoms with Gasteiger partial charge in [0.05, 0.1) is 6.61 Å². The van der Waals surface area contributed by atoms with E-state index in [0.29, 0.717) is 13.2 Å². The molecule has 2 aromatic rings. The average Bonchev–Trinajstić information content (AvgIpc) is 2.46. The second kappa shape index (κ2) is 5.43. The van der Waals surface area contributed by atoms with Crippen LogP contribution >= 0.6 is 0 Å². The number of hydrogen-bond donors (Lipinski definition) is 3. The fourth-order valence-electron chi connectivity index (χ4n) is 2.49. The number of nitrogens with one attached hydrogen (secondary N) is 1. The molecule has 0 amide bonds. The molecule has 4 nitrogen and oxygen atoms in total. The lowest BCUT2D eigenvalue weighted by atomic mass is 10.0. The molecule has 3 rings (SSSR count). The molecule has 0 fully saturated rings. The lowest BCUT2D eigenvalue weighted by Crippen LogP contribution is -2.26. The maximum Gasteiger partial charge on any atom is 0.124 e. The summed E-state index contributed by atoms with van der Waals surface area (Å²) >= 11 is 0. The van der Waals surface area contributed by atoms with Gasteiger partial charge in [-0.05, 0) is 12.1 Å². The number of ether oxygens (including phenoxy) is 1. The van der Waals surface area contributed by atoms with Crippen LogP contribution in [0.15, 0.2) is 42.5 Å². The summed E-state index contributed by atoms with van der Waals surface area (Å²) in [5.41, 5.74) is 1.92. The zero-order chi connectivity index (χ0) is 13.9. The Morgan fingerprint density at radius 1 is 1.15 bits per heavy atom. The molecule has 104 valence electrons. The molecule has 0 radical (unpaired) electrons. The van der Waals surface area contributed by atoms with Gasteiger partial charge in [0.15, 0.2) is 0 Å². The molecule has 4 heteroatoms. The normalized spacial score (nSPS) is 17.3. The van der Waals surface area contributed by atoms with E-state index >= 15 is 0 Å². The number of aromatic hydroxyl groups is 2. The molecule has 0 aromatic heterocycles. The van der Waals surface area contributed by atoms with Crippen LogP contribution in [0.1, 0.15) is 23.6 Å². The van der Waals surface area contributed by atoms with Gasteiger partial charge in [-0.1, -0.05) is 24.3 Å². The van der Waals surface area contributed by atoms with E-state index in [1.54, 1.807) is 12.1 Å². The monoisotopic (exact) mass is 271 g/mol. The standard InChI is InChI=1S/C16H17NO3/c18-12-6-5-11(15(19)9-12)10-17-14-7-8-20-16-4-2-1-3-13(14)16/h1-6,9,14,17-19H,7-8,10H2. The molecular weight excluding hydrogens is 254 g/mol. The Morgan fingerprint density at radius 3 is 2.85 bits per heavy atom. The number of benzene rings is 2. The fraction of sp³-hybridized carbons (Fsp3) is 0.250. The van der Waals surface area contributed by atoms with E-state index in [4.69, 9.17) is 4.74 Å². The minimum atomic E-state index is 0.0719. The van der Waals surface area contributed by atoms with Gasteiger partial charge >= 0.3 is 0 Å². The van der Waals surface area contributed by atoms with E-state index in [1.807, 2.05) is 18.2 Å². The largest absolute Gasteiger partial charge is 0.508 e. The molecule has 1 heterocycles. The third-order valence-corrected chi connectivity index (χ3v) is 3.57. The average molecular weight is 271 g/mol. The Hall–Kier alpha value is -2.20. The minimum Gasteiger partial charge on any atom is -0.508 e. The molecule has 0 spiro atoms. The summed E-state index contributed by atoms with van der Waals surface area (Å²) in [6.45, 7) is 1.24. The van der Waals surface area contributed by atoms with E-state index in [9.17, 15) is 10.2 Å². The Balaban J connectivity index is 1.73. The van der Waals surface area contributed by atoms with Crippen LogP contribution in [-0.2, 0) is 6.54 Å². The van der Waals surface area contributed by atoms with Crippen molar-refractivity contribution < 1.29 is 14.9 Å². The van der Waals surface area contributed by atoms with Crippen molar-refractivity contribution in [3.63, 3.8) is 0 Å². The first-order valence-electron chi connectivity index (χ1n) is 6.70. The van der Waals surface area contributed by atoms with Crippen molar-refractivity contribution in [3.8, 4) is 17.2 Å². The summed E-state index contributed by atoms with van der Waals surface area (Å²) in [4.78, 5) is 0. The van der Waals surface area contributed by atoms with E-state index in [-0.39, 0.29) is 17.5 Å². The highest BCUT2D eigenvalue weighted by Gasteiger charge is 2.20.